The van der Waals surface area contributed by atoms with Gasteiger partial charge < -0.3 is 0 Å². The van der Waals surface area contributed by atoms with E-state index in [-0.39, 0.29) is 0 Å². The van der Waals surface area contributed by atoms with Crippen LogP contribution in [0.4, 0.5) is 0 Å². The Bertz CT molecular complexity index is 342. The quantitative estimate of drug-likeness (QED) is 0.693. The smallest absolute Gasteiger partial charge is 0.0621 e. The van der Waals surface area contributed by atoms with E-state index >= 15 is 0 Å². The lowest BCUT2D eigenvalue weighted by atomic mass is 10.2. The Morgan fingerprint density at radius 3 is 2.60 bits per heavy atom. The zero-order valence-corrected chi connectivity index (χ0v) is 9.50. The van der Waals surface area contributed by atoms with Crippen molar-refractivity contribution in [2.24, 2.45) is 0 Å². The summed E-state index contributed by atoms with van der Waals surface area (Å²) in [6.07, 6.45) is 2.31. The summed E-state index contributed by atoms with van der Waals surface area (Å²) in [6, 6.07) is 12.0. The summed E-state index contributed by atoms with van der Waals surface area (Å²) >= 11 is 0. The second kappa shape index (κ2) is 7.19. The zero-order chi connectivity index (χ0) is 10.9. The molecule has 0 aliphatic rings. The predicted octanol–water partition coefficient (Wildman–Crippen LogP) is 2.63. The van der Waals surface area contributed by atoms with Gasteiger partial charge >= 0.3 is 0 Å². The summed E-state index contributed by atoms with van der Waals surface area (Å²) in [6.45, 7) is 0. The molecule has 15 heavy (non-hydrogen) atoms. The first-order valence-electron chi connectivity index (χ1n) is 5.09. The van der Waals surface area contributed by atoms with Gasteiger partial charge in [-0.3, -0.25) is 4.21 Å². The minimum atomic E-state index is -0.784. The molecule has 0 saturated heterocycles. The van der Waals surface area contributed by atoms with Crippen molar-refractivity contribution < 1.29 is 4.21 Å². The molecule has 0 heterocycles. The monoisotopic (exact) mass is 221 g/mol. The zero-order valence-electron chi connectivity index (χ0n) is 8.69. The molecule has 0 amide bonds. The molecule has 0 aromatic heterocycles. The summed E-state index contributed by atoms with van der Waals surface area (Å²) in [5.41, 5.74) is 1.12. The van der Waals surface area contributed by atoms with E-state index in [9.17, 15) is 4.21 Å². The number of nitrogens with zero attached hydrogens (tertiary/aromatic N) is 1. The topological polar surface area (TPSA) is 40.9 Å². The van der Waals surface area contributed by atoms with Gasteiger partial charge in [0.2, 0.25) is 0 Å². The van der Waals surface area contributed by atoms with Gasteiger partial charge in [-0.2, -0.15) is 5.26 Å². The van der Waals surface area contributed by atoms with Crippen molar-refractivity contribution in [2.75, 3.05) is 5.75 Å². The summed E-state index contributed by atoms with van der Waals surface area (Å²) in [5.74, 6) is 1.34. The molecule has 0 fully saturated rings. The van der Waals surface area contributed by atoms with Crippen LogP contribution in [0, 0.1) is 11.3 Å². The third kappa shape index (κ3) is 5.34. The molecule has 0 spiro atoms. The SMILES string of the molecule is N#CCCCCS(=O)Cc1ccccc1. The summed E-state index contributed by atoms with van der Waals surface area (Å²) in [4.78, 5) is 0. The average Bonchev–Trinajstić information content (AvgIpc) is 2.26. The molecule has 0 saturated carbocycles. The lowest BCUT2D eigenvalue weighted by Gasteiger charge is -2.01. The lowest BCUT2D eigenvalue weighted by molar-refractivity contribution is 0.677. The van der Waals surface area contributed by atoms with E-state index in [1.807, 2.05) is 30.3 Å². The fourth-order valence-corrected chi connectivity index (χ4v) is 2.53. The van der Waals surface area contributed by atoms with Crippen molar-refractivity contribution in [3.63, 3.8) is 0 Å². The Labute approximate surface area is 93.4 Å². The highest BCUT2D eigenvalue weighted by molar-refractivity contribution is 7.84. The highest BCUT2D eigenvalue weighted by Gasteiger charge is 2.00. The molecule has 1 aromatic carbocycles. The molecule has 1 rings (SSSR count). The second-order valence-electron chi connectivity index (χ2n) is 3.39. The van der Waals surface area contributed by atoms with Crippen LogP contribution in [0.15, 0.2) is 30.3 Å². The number of unbranched alkanes of at least 4 members (excludes halogenated alkanes) is 2. The van der Waals surface area contributed by atoms with E-state index < -0.39 is 10.8 Å². The van der Waals surface area contributed by atoms with Gasteiger partial charge in [-0.25, -0.2) is 0 Å². The Morgan fingerprint density at radius 1 is 1.20 bits per heavy atom. The Hall–Kier alpha value is -1.14. The van der Waals surface area contributed by atoms with Gasteiger partial charge in [0.15, 0.2) is 0 Å². The molecule has 0 aliphatic carbocycles. The average molecular weight is 221 g/mol. The molecular formula is C12H15NOS. The van der Waals surface area contributed by atoms with Gasteiger partial charge in [0.25, 0.3) is 0 Å². The minimum absolute atomic E-state index is 0.572. The molecular weight excluding hydrogens is 206 g/mol. The largest absolute Gasteiger partial charge is 0.259 e. The van der Waals surface area contributed by atoms with Crippen LogP contribution in [0.2, 0.25) is 0 Å². The first kappa shape index (κ1) is 11.9. The van der Waals surface area contributed by atoms with Gasteiger partial charge in [-0.1, -0.05) is 30.3 Å². The van der Waals surface area contributed by atoms with Crippen LogP contribution in [0.25, 0.3) is 0 Å². The fourth-order valence-electron chi connectivity index (χ4n) is 1.30. The third-order valence-electron chi connectivity index (χ3n) is 2.08. The molecule has 1 atom stereocenters. The third-order valence-corrected chi connectivity index (χ3v) is 3.48. The molecule has 3 heteroatoms. The van der Waals surface area contributed by atoms with Crippen molar-refractivity contribution in [3.05, 3.63) is 35.9 Å². The van der Waals surface area contributed by atoms with Crippen LogP contribution in [0.3, 0.4) is 0 Å². The maximum absolute atomic E-state index is 11.6. The van der Waals surface area contributed by atoms with Crippen LogP contribution in [0.5, 0.6) is 0 Å². The van der Waals surface area contributed by atoms with Crippen molar-refractivity contribution in [2.45, 2.75) is 25.0 Å². The summed E-state index contributed by atoms with van der Waals surface area (Å²) in [5, 5.41) is 8.34. The number of hydrogen-bond acceptors (Lipinski definition) is 2. The van der Waals surface area contributed by atoms with Crippen LogP contribution in [0.1, 0.15) is 24.8 Å². The van der Waals surface area contributed by atoms with E-state index in [2.05, 4.69) is 6.07 Å². The molecule has 80 valence electrons. The fraction of sp³-hybridized carbons (Fsp3) is 0.417. The Morgan fingerprint density at radius 2 is 1.93 bits per heavy atom. The second-order valence-corrected chi connectivity index (χ2v) is 4.97. The van der Waals surface area contributed by atoms with E-state index in [1.165, 1.54) is 0 Å². The molecule has 2 nitrogen and oxygen atoms in total. The van der Waals surface area contributed by atoms with Crippen molar-refractivity contribution in [3.8, 4) is 6.07 Å². The standard InChI is InChI=1S/C12H15NOS/c13-9-5-2-6-10-15(14)11-12-7-3-1-4-8-12/h1,3-4,7-8H,2,5-6,10-11H2. The van der Waals surface area contributed by atoms with Gasteiger partial charge in [0.05, 0.1) is 6.07 Å². The Balaban J connectivity index is 2.22. The van der Waals surface area contributed by atoms with Crippen molar-refractivity contribution in [1.29, 1.82) is 5.26 Å². The number of benzene rings is 1. The predicted molar refractivity (Wildman–Crippen MR) is 62.6 cm³/mol. The van der Waals surface area contributed by atoms with Gasteiger partial charge in [0.1, 0.15) is 0 Å². The molecule has 1 aromatic rings. The molecule has 0 N–H and O–H groups in total. The first-order chi connectivity index (χ1) is 7.33. The van der Waals surface area contributed by atoms with Crippen LogP contribution in [-0.4, -0.2) is 9.96 Å². The van der Waals surface area contributed by atoms with Crippen LogP contribution in [-0.2, 0) is 16.6 Å². The van der Waals surface area contributed by atoms with Gasteiger partial charge in [-0.15, -0.1) is 0 Å². The summed E-state index contributed by atoms with van der Waals surface area (Å²) < 4.78 is 11.6. The lowest BCUT2D eigenvalue weighted by Crippen LogP contribution is -2.00. The number of nitriles is 1. The van der Waals surface area contributed by atoms with Crippen LogP contribution < -0.4 is 0 Å². The molecule has 1 unspecified atom stereocenters. The number of hydrogen-bond donors (Lipinski definition) is 0. The maximum atomic E-state index is 11.6. The minimum Gasteiger partial charge on any atom is -0.259 e. The maximum Gasteiger partial charge on any atom is 0.0621 e. The van der Waals surface area contributed by atoms with Crippen LogP contribution >= 0.6 is 0 Å². The Kier molecular flexibility index (Phi) is 5.72. The van der Waals surface area contributed by atoms with Gasteiger partial charge in [0, 0.05) is 28.7 Å². The summed E-state index contributed by atoms with van der Waals surface area (Å²) in [7, 11) is -0.784. The van der Waals surface area contributed by atoms with Crippen molar-refractivity contribution >= 4 is 10.8 Å². The normalized spacial score (nSPS) is 11.9. The highest BCUT2D eigenvalue weighted by atomic mass is 32.2. The first-order valence-corrected chi connectivity index (χ1v) is 6.57. The molecule has 0 radical (unpaired) electrons. The van der Waals surface area contributed by atoms with Gasteiger partial charge in [-0.05, 0) is 18.4 Å². The van der Waals surface area contributed by atoms with Crippen molar-refractivity contribution in [1.82, 2.24) is 0 Å². The van der Waals surface area contributed by atoms with E-state index in [0.717, 1.165) is 18.4 Å². The van der Waals surface area contributed by atoms with E-state index in [4.69, 9.17) is 5.26 Å². The molecule has 0 aliphatic heterocycles. The van der Waals surface area contributed by atoms with E-state index in [0.29, 0.717) is 17.9 Å². The highest BCUT2D eigenvalue weighted by Crippen LogP contribution is 2.05. The van der Waals surface area contributed by atoms with E-state index in [1.54, 1.807) is 0 Å². The number of rotatable bonds is 6. The molecule has 0 bridgehead atoms.